The molecule has 5 N–H and O–H groups in total. The van der Waals surface area contributed by atoms with Crippen molar-refractivity contribution in [1.29, 1.82) is 0 Å². The van der Waals surface area contributed by atoms with Gasteiger partial charge < -0.3 is 26.2 Å². The molecule has 0 bridgehead atoms. The van der Waals surface area contributed by atoms with Crippen LogP contribution in [0.2, 0.25) is 0 Å². The lowest BCUT2D eigenvalue weighted by atomic mass is 10.1. The molecular weight excluding hydrogens is 294 g/mol. The maximum Gasteiger partial charge on any atom is 0.323 e. The molecule has 2 atom stereocenters. The Hall–Kier alpha value is -2.16. The minimum absolute atomic E-state index is 0.0425. The second kappa shape index (κ2) is 9.72. The summed E-state index contributed by atoms with van der Waals surface area (Å²) in [6, 6.07) is -1.97. The largest absolute Gasteiger partial charge is 0.480 e. The van der Waals surface area contributed by atoms with Gasteiger partial charge in [-0.25, -0.2) is 0 Å². The van der Waals surface area contributed by atoms with Gasteiger partial charge in [-0.3, -0.25) is 19.2 Å². The first-order valence-corrected chi connectivity index (χ1v) is 6.93. The Labute approximate surface area is 128 Å². The number of carbonyl (C=O) groups excluding carboxylic acids is 2. The van der Waals surface area contributed by atoms with E-state index in [0.29, 0.717) is 12.8 Å². The van der Waals surface area contributed by atoms with E-state index in [1.807, 2.05) is 6.92 Å². The number of amides is 2. The van der Waals surface area contributed by atoms with Crippen LogP contribution in [0.5, 0.6) is 0 Å². The highest BCUT2D eigenvalue weighted by Gasteiger charge is 2.24. The van der Waals surface area contributed by atoms with Crippen LogP contribution in [-0.4, -0.2) is 64.5 Å². The van der Waals surface area contributed by atoms with Crippen LogP contribution in [0, 0.1) is 0 Å². The molecule has 0 aliphatic carbocycles. The number of likely N-dealkylation sites (N-methyl/N-ethyl adjacent to an activating group) is 1. The summed E-state index contributed by atoms with van der Waals surface area (Å²) >= 11 is 0. The summed E-state index contributed by atoms with van der Waals surface area (Å²) < 4.78 is 0. The van der Waals surface area contributed by atoms with Gasteiger partial charge in [-0.15, -0.1) is 0 Å². The molecule has 0 fully saturated rings. The Bertz CT molecular complexity index is 426. The number of nitrogens with two attached hydrogens (primary N) is 1. The molecule has 0 aliphatic heterocycles. The quantitative estimate of drug-likeness (QED) is 0.404. The number of carboxylic acid groups (broad SMARTS) is 2. The third kappa shape index (κ3) is 7.58. The summed E-state index contributed by atoms with van der Waals surface area (Å²) in [6.07, 6.45) is 0.814. The number of hydrogen-bond acceptors (Lipinski definition) is 5. The van der Waals surface area contributed by atoms with Crippen LogP contribution < -0.4 is 11.1 Å². The van der Waals surface area contributed by atoms with E-state index in [4.69, 9.17) is 15.9 Å². The lowest BCUT2D eigenvalue weighted by Gasteiger charge is -2.23. The highest BCUT2D eigenvalue weighted by molar-refractivity contribution is 5.89. The minimum Gasteiger partial charge on any atom is -0.480 e. The summed E-state index contributed by atoms with van der Waals surface area (Å²) in [4.78, 5) is 46.0. The van der Waals surface area contributed by atoms with Crippen LogP contribution in [0.25, 0.3) is 0 Å². The zero-order chi connectivity index (χ0) is 17.3. The topological polar surface area (TPSA) is 150 Å². The fourth-order valence-electron chi connectivity index (χ4n) is 1.77. The van der Waals surface area contributed by atoms with E-state index in [1.54, 1.807) is 0 Å². The van der Waals surface area contributed by atoms with Crippen molar-refractivity contribution >= 4 is 23.8 Å². The summed E-state index contributed by atoms with van der Waals surface area (Å²) in [5, 5.41) is 19.8. The number of carbonyl (C=O) groups is 4. The second-order valence-corrected chi connectivity index (χ2v) is 4.98. The molecule has 9 nitrogen and oxygen atoms in total. The maximum atomic E-state index is 12.1. The molecule has 0 aromatic rings. The Morgan fingerprint density at radius 3 is 2.23 bits per heavy atom. The normalized spacial score (nSPS) is 13.0. The van der Waals surface area contributed by atoms with E-state index in [2.05, 4.69) is 5.32 Å². The monoisotopic (exact) mass is 317 g/mol. The standard InChI is InChI=1S/C13H23N3O6/c1-3-4-9(12(20)16(2)7-11(18)19)15-10(17)6-5-8(14)13(21)22/h8-9H,3-7,14H2,1-2H3,(H,15,17)(H,18,19)(H,21,22). The van der Waals surface area contributed by atoms with Crippen LogP contribution in [0.15, 0.2) is 0 Å². The molecule has 0 saturated carbocycles. The van der Waals surface area contributed by atoms with Crippen molar-refractivity contribution in [3.05, 3.63) is 0 Å². The van der Waals surface area contributed by atoms with Gasteiger partial charge in [0.25, 0.3) is 0 Å². The van der Waals surface area contributed by atoms with E-state index >= 15 is 0 Å². The average Bonchev–Trinajstić information content (AvgIpc) is 2.42. The molecular formula is C13H23N3O6. The molecule has 0 spiro atoms. The smallest absolute Gasteiger partial charge is 0.323 e. The maximum absolute atomic E-state index is 12.1. The Balaban J connectivity index is 4.56. The minimum atomic E-state index is -1.20. The summed E-state index contributed by atoms with van der Waals surface area (Å²) in [5.41, 5.74) is 5.30. The second-order valence-electron chi connectivity index (χ2n) is 4.98. The van der Waals surface area contributed by atoms with Crippen molar-refractivity contribution in [3.8, 4) is 0 Å². The van der Waals surface area contributed by atoms with E-state index in [-0.39, 0.29) is 12.8 Å². The average molecular weight is 317 g/mol. The van der Waals surface area contributed by atoms with Gasteiger partial charge in [-0.2, -0.15) is 0 Å². The van der Waals surface area contributed by atoms with Crippen molar-refractivity contribution in [3.63, 3.8) is 0 Å². The molecule has 0 aromatic carbocycles. The van der Waals surface area contributed by atoms with Gasteiger partial charge in [0.05, 0.1) is 0 Å². The van der Waals surface area contributed by atoms with Crippen LogP contribution in [-0.2, 0) is 19.2 Å². The molecule has 0 rings (SSSR count). The SMILES string of the molecule is CCCC(NC(=O)CCC(N)C(=O)O)C(=O)N(C)CC(=O)O. The van der Waals surface area contributed by atoms with Gasteiger partial charge >= 0.3 is 11.9 Å². The van der Waals surface area contributed by atoms with E-state index in [9.17, 15) is 19.2 Å². The summed E-state index contributed by atoms with van der Waals surface area (Å²) in [6.45, 7) is 1.36. The molecule has 0 radical (unpaired) electrons. The lowest BCUT2D eigenvalue weighted by molar-refractivity contribution is -0.144. The fraction of sp³-hybridized carbons (Fsp3) is 0.692. The van der Waals surface area contributed by atoms with E-state index in [1.165, 1.54) is 7.05 Å². The van der Waals surface area contributed by atoms with E-state index < -0.39 is 42.4 Å². The Kier molecular flexibility index (Phi) is 8.76. The zero-order valence-electron chi connectivity index (χ0n) is 12.7. The number of aliphatic carboxylic acids is 2. The third-order valence-corrected chi connectivity index (χ3v) is 2.96. The molecule has 0 aliphatic rings. The fourth-order valence-corrected chi connectivity index (χ4v) is 1.77. The summed E-state index contributed by atoms with van der Waals surface area (Å²) in [5.74, 6) is -3.34. The van der Waals surface area contributed by atoms with Gasteiger partial charge in [0.1, 0.15) is 18.6 Å². The molecule has 126 valence electrons. The number of nitrogens with one attached hydrogen (secondary N) is 1. The van der Waals surface area contributed by atoms with Crippen molar-refractivity contribution in [1.82, 2.24) is 10.2 Å². The van der Waals surface area contributed by atoms with Crippen molar-refractivity contribution in [2.24, 2.45) is 5.73 Å². The number of nitrogens with zero attached hydrogens (tertiary/aromatic N) is 1. The summed E-state index contributed by atoms with van der Waals surface area (Å²) in [7, 11) is 1.34. The Morgan fingerprint density at radius 1 is 1.18 bits per heavy atom. The van der Waals surface area contributed by atoms with Crippen molar-refractivity contribution < 1.29 is 29.4 Å². The van der Waals surface area contributed by atoms with E-state index in [0.717, 1.165) is 4.90 Å². The molecule has 22 heavy (non-hydrogen) atoms. The highest BCUT2D eigenvalue weighted by atomic mass is 16.4. The molecule has 0 aromatic heterocycles. The van der Waals surface area contributed by atoms with Crippen LogP contribution in [0.1, 0.15) is 32.6 Å². The molecule has 2 amide bonds. The van der Waals surface area contributed by atoms with Gasteiger partial charge in [0.15, 0.2) is 0 Å². The van der Waals surface area contributed by atoms with Crippen LogP contribution in [0.3, 0.4) is 0 Å². The number of carboxylic acids is 2. The predicted octanol–water partition coefficient (Wildman–Crippen LogP) is -0.994. The Morgan fingerprint density at radius 2 is 1.77 bits per heavy atom. The van der Waals surface area contributed by atoms with Gasteiger partial charge in [-0.1, -0.05) is 13.3 Å². The van der Waals surface area contributed by atoms with Gasteiger partial charge in [0, 0.05) is 13.5 Å². The third-order valence-electron chi connectivity index (χ3n) is 2.96. The lowest BCUT2D eigenvalue weighted by Crippen LogP contribution is -2.48. The van der Waals surface area contributed by atoms with Gasteiger partial charge in [0.2, 0.25) is 11.8 Å². The molecule has 2 unspecified atom stereocenters. The first-order chi connectivity index (χ1) is 10.2. The molecule has 0 saturated heterocycles. The van der Waals surface area contributed by atoms with Gasteiger partial charge in [-0.05, 0) is 12.8 Å². The van der Waals surface area contributed by atoms with Crippen molar-refractivity contribution in [2.45, 2.75) is 44.7 Å². The molecule has 9 heteroatoms. The predicted molar refractivity (Wildman–Crippen MR) is 77.0 cm³/mol. The first kappa shape index (κ1) is 19.8. The highest BCUT2D eigenvalue weighted by Crippen LogP contribution is 2.03. The van der Waals surface area contributed by atoms with Crippen LogP contribution >= 0.6 is 0 Å². The zero-order valence-corrected chi connectivity index (χ0v) is 12.7. The first-order valence-electron chi connectivity index (χ1n) is 6.93. The molecule has 0 heterocycles. The number of hydrogen-bond donors (Lipinski definition) is 4. The number of rotatable bonds is 10. The van der Waals surface area contributed by atoms with Crippen LogP contribution in [0.4, 0.5) is 0 Å². The van der Waals surface area contributed by atoms with Crippen molar-refractivity contribution in [2.75, 3.05) is 13.6 Å².